The van der Waals surface area contributed by atoms with Crippen molar-refractivity contribution in [2.45, 2.75) is 6.42 Å². The summed E-state index contributed by atoms with van der Waals surface area (Å²) in [4.78, 5) is 13.4. The highest BCUT2D eigenvalue weighted by molar-refractivity contribution is 6.30. The lowest BCUT2D eigenvalue weighted by molar-refractivity contribution is 0.0789. The van der Waals surface area contributed by atoms with E-state index in [9.17, 15) is 9.18 Å². The van der Waals surface area contributed by atoms with E-state index in [1.165, 1.54) is 17.0 Å². The first-order valence-corrected chi connectivity index (χ1v) is 5.79. The van der Waals surface area contributed by atoms with Crippen LogP contribution < -0.4 is 5.32 Å². The molecule has 0 atom stereocenters. The lowest BCUT2D eigenvalue weighted by Gasteiger charge is -2.17. The fourth-order valence-corrected chi connectivity index (χ4v) is 1.62. The highest BCUT2D eigenvalue weighted by atomic mass is 35.5. The van der Waals surface area contributed by atoms with E-state index in [2.05, 4.69) is 5.32 Å². The minimum Gasteiger partial charge on any atom is -0.342 e. The average molecular weight is 259 g/mol. The lowest BCUT2D eigenvalue weighted by atomic mass is 10.2. The molecule has 0 saturated heterocycles. The van der Waals surface area contributed by atoms with E-state index in [-0.39, 0.29) is 16.5 Å². The molecule has 0 aromatic heterocycles. The summed E-state index contributed by atoms with van der Waals surface area (Å²) in [7, 11) is 3.51. The van der Waals surface area contributed by atoms with Crippen LogP contribution >= 0.6 is 11.6 Å². The molecular formula is C12H16ClFN2O. The van der Waals surface area contributed by atoms with Gasteiger partial charge in [-0.2, -0.15) is 0 Å². The van der Waals surface area contributed by atoms with Crippen molar-refractivity contribution in [3.63, 3.8) is 0 Å². The Morgan fingerprint density at radius 3 is 2.82 bits per heavy atom. The Bertz CT molecular complexity index is 398. The highest BCUT2D eigenvalue weighted by Gasteiger charge is 2.15. The van der Waals surface area contributed by atoms with Gasteiger partial charge in [0, 0.05) is 18.6 Å². The van der Waals surface area contributed by atoms with Crippen LogP contribution in [0.5, 0.6) is 0 Å². The van der Waals surface area contributed by atoms with Crippen LogP contribution in [0.1, 0.15) is 16.8 Å². The Hall–Kier alpha value is -1.13. The molecule has 5 heteroatoms. The van der Waals surface area contributed by atoms with E-state index in [0.717, 1.165) is 19.0 Å². The van der Waals surface area contributed by atoms with E-state index in [1.54, 1.807) is 7.05 Å². The van der Waals surface area contributed by atoms with Crippen molar-refractivity contribution in [2.24, 2.45) is 0 Å². The number of halogens is 2. The number of benzene rings is 1. The Kier molecular flexibility index (Phi) is 5.38. The fourth-order valence-electron chi connectivity index (χ4n) is 1.46. The number of nitrogens with one attached hydrogen (secondary N) is 1. The quantitative estimate of drug-likeness (QED) is 0.821. The molecule has 0 unspecified atom stereocenters. The molecule has 0 aliphatic carbocycles. The van der Waals surface area contributed by atoms with Gasteiger partial charge in [-0.05, 0) is 38.2 Å². The molecule has 3 nitrogen and oxygen atoms in total. The predicted octanol–water partition coefficient (Wildman–Crippen LogP) is 2.16. The van der Waals surface area contributed by atoms with Crippen molar-refractivity contribution < 1.29 is 9.18 Å². The van der Waals surface area contributed by atoms with Gasteiger partial charge in [0.15, 0.2) is 0 Å². The van der Waals surface area contributed by atoms with Gasteiger partial charge in [0.1, 0.15) is 5.82 Å². The molecule has 1 N–H and O–H groups in total. The zero-order chi connectivity index (χ0) is 12.8. The van der Waals surface area contributed by atoms with Crippen molar-refractivity contribution in [1.82, 2.24) is 10.2 Å². The summed E-state index contributed by atoms with van der Waals surface area (Å²) in [5.74, 6) is -0.904. The third-order valence-corrected chi connectivity index (χ3v) is 2.66. The third-order valence-electron chi connectivity index (χ3n) is 2.43. The van der Waals surface area contributed by atoms with E-state index < -0.39 is 5.82 Å². The first-order chi connectivity index (χ1) is 8.06. The Morgan fingerprint density at radius 2 is 2.24 bits per heavy atom. The molecule has 1 amide bonds. The van der Waals surface area contributed by atoms with Gasteiger partial charge < -0.3 is 10.2 Å². The van der Waals surface area contributed by atoms with Gasteiger partial charge in [0.05, 0.1) is 5.56 Å². The molecule has 0 aliphatic heterocycles. The minimum absolute atomic E-state index is 0.0568. The SMILES string of the molecule is CNCCCN(C)C(=O)c1ccc(Cl)cc1F. The fraction of sp³-hybridized carbons (Fsp3) is 0.417. The zero-order valence-corrected chi connectivity index (χ0v) is 10.7. The number of rotatable bonds is 5. The molecule has 0 saturated carbocycles. The normalized spacial score (nSPS) is 10.4. The van der Waals surface area contributed by atoms with Gasteiger partial charge in [-0.15, -0.1) is 0 Å². The topological polar surface area (TPSA) is 32.3 Å². The molecule has 0 heterocycles. The van der Waals surface area contributed by atoms with Gasteiger partial charge in [0.2, 0.25) is 0 Å². The van der Waals surface area contributed by atoms with Crippen molar-refractivity contribution in [2.75, 3.05) is 27.2 Å². The molecule has 0 aliphatic rings. The maximum atomic E-state index is 13.5. The number of hydrogen-bond acceptors (Lipinski definition) is 2. The Labute approximate surface area is 106 Å². The summed E-state index contributed by atoms with van der Waals surface area (Å²) >= 11 is 5.63. The van der Waals surface area contributed by atoms with Crippen LogP contribution in [0.4, 0.5) is 4.39 Å². The van der Waals surface area contributed by atoms with Gasteiger partial charge in [-0.1, -0.05) is 11.6 Å². The number of hydrogen-bond donors (Lipinski definition) is 1. The van der Waals surface area contributed by atoms with Crippen LogP contribution in [0.25, 0.3) is 0 Å². The Morgan fingerprint density at radius 1 is 1.53 bits per heavy atom. The highest BCUT2D eigenvalue weighted by Crippen LogP contribution is 2.15. The summed E-state index contributed by atoms with van der Waals surface area (Å²) in [6, 6.07) is 4.07. The molecule has 1 rings (SSSR count). The largest absolute Gasteiger partial charge is 0.342 e. The van der Waals surface area contributed by atoms with Crippen LogP contribution in [-0.4, -0.2) is 38.0 Å². The lowest BCUT2D eigenvalue weighted by Crippen LogP contribution is -2.30. The molecule has 1 aromatic rings. The van der Waals surface area contributed by atoms with Crippen LogP contribution in [0.3, 0.4) is 0 Å². The van der Waals surface area contributed by atoms with E-state index in [1.807, 2.05) is 7.05 Å². The van der Waals surface area contributed by atoms with Crippen LogP contribution in [0, 0.1) is 5.82 Å². The van der Waals surface area contributed by atoms with Crippen molar-refractivity contribution >= 4 is 17.5 Å². The summed E-state index contributed by atoms with van der Waals surface area (Å²) in [6.07, 6.45) is 0.827. The predicted molar refractivity (Wildman–Crippen MR) is 66.9 cm³/mol. The van der Waals surface area contributed by atoms with E-state index in [0.29, 0.717) is 6.54 Å². The maximum absolute atomic E-state index is 13.5. The minimum atomic E-state index is -0.581. The second kappa shape index (κ2) is 6.57. The molecule has 0 spiro atoms. The standard InChI is InChI=1S/C12H16ClFN2O/c1-15-6-3-7-16(2)12(17)10-5-4-9(13)8-11(10)14/h4-5,8,15H,3,6-7H2,1-2H3. The molecular weight excluding hydrogens is 243 g/mol. The first kappa shape index (κ1) is 13.9. The van der Waals surface area contributed by atoms with Gasteiger partial charge in [-0.3, -0.25) is 4.79 Å². The second-order valence-corrected chi connectivity index (χ2v) is 4.24. The smallest absolute Gasteiger partial charge is 0.256 e. The van der Waals surface area contributed by atoms with E-state index >= 15 is 0 Å². The van der Waals surface area contributed by atoms with Crippen molar-refractivity contribution in [3.05, 3.63) is 34.6 Å². The van der Waals surface area contributed by atoms with Gasteiger partial charge >= 0.3 is 0 Å². The van der Waals surface area contributed by atoms with Crippen molar-refractivity contribution in [3.8, 4) is 0 Å². The molecule has 17 heavy (non-hydrogen) atoms. The Balaban J connectivity index is 2.68. The van der Waals surface area contributed by atoms with E-state index in [4.69, 9.17) is 11.6 Å². The van der Waals surface area contributed by atoms with Crippen LogP contribution in [-0.2, 0) is 0 Å². The molecule has 0 bridgehead atoms. The molecule has 0 fully saturated rings. The average Bonchev–Trinajstić information content (AvgIpc) is 2.28. The number of carbonyl (C=O) groups is 1. The monoisotopic (exact) mass is 258 g/mol. The van der Waals surface area contributed by atoms with Crippen LogP contribution in [0.2, 0.25) is 5.02 Å². The first-order valence-electron chi connectivity index (χ1n) is 5.41. The molecule has 0 radical (unpaired) electrons. The summed E-state index contributed by atoms with van der Waals surface area (Å²) in [5, 5.41) is 3.28. The maximum Gasteiger partial charge on any atom is 0.256 e. The molecule has 94 valence electrons. The molecule has 1 aromatic carbocycles. The summed E-state index contributed by atoms with van der Waals surface area (Å²) < 4.78 is 13.5. The zero-order valence-electron chi connectivity index (χ0n) is 9.96. The van der Waals surface area contributed by atoms with Crippen molar-refractivity contribution in [1.29, 1.82) is 0 Å². The summed E-state index contributed by atoms with van der Waals surface area (Å²) in [6.45, 7) is 1.41. The second-order valence-electron chi connectivity index (χ2n) is 3.81. The number of nitrogens with zero attached hydrogens (tertiary/aromatic N) is 1. The number of carbonyl (C=O) groups excluding carboxylic acids is 1. The third kappa shape index (κ3) is 3.98. The number of amides is 1. The van der Waals surface area contributed by atoms with Gasteiger partial charge in [-0.25, -0.2) is 4.39 Å². The summed E-state index contributed by atoms with van der Waals surface area (Å²) in [5.41, 5.74) is 0.0568. The van der Waals surface area contributed by atoms with Crippen LogP contribution in [0.15, 0.2) is 18.2 Å². The van der Waals surface area contributed by atoms with Gasteiger partial charge in [0.25, 0.3) is 5.91 Å².